The molecule has 1 nitrogen and oxygen atoms in total. The van der Waals surface area contributed by atoms with Crippen LogP contribution in [0, 0.1) is 5.41 Å². The Morgan fingerprint density at radius 3 is 2.31 bits per heavy atom. The Labute approximate surface area is 93.8 Å². The summed E-state index contributed by atoms with van der Waals surface area (Å²) < 4.78 is 25.0. The second kappa shape index (κ2) is 5.54. The highest BCUT2D eigenvalue weighted by atomic mass is 19.1. The van der Waals surface area contributed by atoms with Crippen molar-refractivity contribution in [1.29, 1.82) is 0 Å². The number of halogens is 2. The Bertz CT molecular complexity index is 367. The van der Waals surface area contributed by atoms with Crippen LogP contribution in [0.3, 0.4) is 0 Å². The fourth-order valence-corrected chi connectivity index (χ4v) is 1.10. The van der Waals surface area contributed by atoms with Gasteiger partial charge in [0.1, 0.15) is 13.3 Å². The number of carbonyl (C=O) groups is 1. The van der Waals surface area contributed by atoms with E-state index in [-0.39, 0.29) is 0 Å². The Kier molecular flexibility index (Phi) is 4.35. The molecular formula is C13H14F2O. The smallest absolute Gasteiger partial charge is 0.166 e. The predicted octanol–water partition coefficient (Wildman–Crippen LogP) is 3.21. The molecule has 1 rings (SSSR count). The van der Waals surface area contributed by atoms with Crippen LogP contribution in [0.5, 0.6) is 0 Å². The average Bonchev–Trinajstić information content (AvgIpc) is 2.36. The van der Waals surface area contributed by atoms with Crippen LogP contribution < -0.4 is 0 Å². The Hall–Kier alpha value is -1.51. The van der Waals surface area contributed by atoms with E-state index >= 15 is 0 Å². The van der Waals surface area contributed by atoms with Gasteiger partial charge in [-0.3, -0.25) is 4.79 Å². The summed E-state index contributed by atoms with van der Waals surface area (Å²) in [5.74, 6) is -0.527. The summed E-state index contributed by atoms with van der Waals surface area (Å²) in [5.41, 5.74) is -0.707. The summed E-state index contributed by atoms with van der Waals surface area (Å²) in [6.07, 6.45) is 2.79. The summed E-state index contributed by atoms with van der Waals surface area (Å²) in [5, 5.41) is 0. The molecule has 3 heteroatoms. The van der Waals surface area contributed by atoms with Gasteiger partial charge in [0.25, 0.3) is 0 Å². The highest BCUT2D eigenvalue weighted by Crippen LogP contribution is 2.20. The van der Waals surface area contributed by atoms with Crippen molar-refractivity contribution in [3.8, 4) is 0 Å². The average molecular weight is 224 g/mol. The lowest BCUT2D eigenvalue weighted by Gasteiger charge is -2.17. The number of ketones is 1. The van der Waals surface area contributed by atoms with Crippen LogP contribution in [-0.2, 0) is 4.79 Å². The SMILES string of the molecule is CC(CF)(CF)C(=O)/C=C/c1ccccc1. The topological polar surface area (TPSA) is 17.1 Å². The van der Waals surface area contributed by atoms with Crippen molar-refractivity contribution in [2.24, 2.45) is 5.41 Å². The molecule has 0 saturated heterocycles. The first-order valence-electron chi connectivity index (χ1n) is 5.02. The first-order valence-corrected chi connectivity index (χ1v) is 5.02. The van der Waals surface area contributed by atoms with Gasteiger partial charge in [-0.1, -0.05) is 36.4 Å². The van der Waals surface area contributed by atoms with Crippen LogP contribution in [0.1, 0.15) is 12.5 Å². The number of carbonyl (C=O) groups excluding carboxylic acids is 1. The first-order chi connectivity index (χ1) is 7.62. The molecule has 0 aromatic heterocycles. The number of rotatable bonds is 5. The third-order valence-corrected chi connectivity index (χ3v) is 2.41. The zero-order valence-electron chi connectivity index (χ0n) is 9.12. The second-order valence-electron chi connectivity index (χ2n) is 3.94. The number of hydrogen-bond donors (Lipinski definition) is 0. The lowest BCUT2D eigenvalue weighted by molar-refractivity contribution is -0.124. The van der Waals surface area contributed by atoms with Crippen molar-refractivity contribution in [2.75, 3.05) is 13.3 Å². The van der Waals surface area contributed by atoms with Crippen LogP contribution in [0.25, 0.3) is 6.08 Å². The minimum absolute atomic E-state index is 0.527. The monoisotopic (exact) mass is 224 g/mol. The first kappa shape index (κ1) is 12.6. The van der Waals surface area contributed by atoms with Gasteiger partial charge in [-0.2, -0.15) is 0 Å². The van der Waals surface area contributed by atoms with E-state index in [1.807, 2.05) is 30.3 Å². The van der Waals surface area contributed by atoms with Gasteiger partial charge in [0.2, 0.25) is 0 Å². The van der Waals surface area contributed by atoms with Crippen molar-refractivity contribution in [2.45, 2.75) is 6.92 Å². The zero-order valence-corrected chi connectivity index (χ0v) is 9.12. The molecule has 0 saturated carbocycles. The molecule has 1 aromatic rings. The van der Waals surface area contributed by atoms with Gasteiger partial charge in [-0.05, 0) is 18.6 Å². The molecule has 86 valence electrons. The maximum absolute atomic E-state index is 12.5. The van der Waals surface area contributed by atoms with Crippen LogP contribution >= 0.6 is 0 Å². The molecular weight excluding hydrogens is 210 g/mol. The van der Waals surface area contributed by atoms with Crippen molar-refractivity contribution >= 4 is 11.9 Å². The van der Waals surface area contributed by atoms with Gasteiger partial charge in [0, 0.05) is 0 Å². The maximum Gasteiger partial charge on any atom is 0.166 e. The van der Waals surface area contributed by atoms with Gasteiger partial charge < -0.3 is 0 Å². The third-order valence-electron chi connectivity index (χ3n) is 2.41. The summed E-state index contributed by atoms with van der Waals surface area (Å²) in [7, 11) is 0. The van der Waals surface area contributed by atoms with E-state index in [4.69, 9.17) is 0 Å². The van der Waals surface area contributed by atoms with Gasteiger partial charge >= 0.3 is 0 Å². The molecule has 1 aromatic carbocycles. The summed E-state index contributed by atoms with van der Waals surface area (Å²) >= 11 is 0. The minimum atomic E-state index is -1.54. The molecule has 0 N–H and O–H groups in total. The molecule has 0 fully saturated rings. The van der Waals surface area contributed by atoms with E-state index < -0.39 is 24.5 Å². The normalized spacial score (nSPS) is 11.9. The molecule has 0 aliphatic rings. The Morgan fingerprint density at radius 1 is 1.25 bits per heavy atom. The fourth-order valence-electron chi connectivity index (χ4n) is 1.10. The van der Waals surface area contributed by atoms with E-state index in [1.54, 1.807) is 6.08 Å². The molecule has 16 heavy (non-hydrogen) atoms. The lowest BCUT2D eigenvalue weighted by Crippen LogP contribution is -2.30. The number of allylic oxidation sites excluding steroid dienone is 1. The number of alkyl halides is 2. The van der Waals surface area contributed by atoms with Gasteiger partial charge in [0.15, 0.2) is 5.78 Å². The quantitative estimate of drug-likeness (QED) is 0.702. The van der Waals surface area contributed by atoms with Crippen LogP contribution in [-0.4, -0.2) is 19.1 Å². The van der Waals surface area contributed by atoms with E-state index in [9.17, 15) is 13.6 Å². The molecule has 0 bridgehead atoms. The second-order valence-corrected chi connectivity index (χ2v) is 3.94. The van der Waals surface area contributed by atoms with Gasteiger partial charge in [0.05, 0.1) is 5.41 Å². The van der Waals surface area contributed by atoms with Crippen LogP contribution in [0.2, 0.25) is 0 Å². The fraction of sp³-hybridized carbons (Fsp3) is 0.308. The highest BCUT2D eigenvalue weighted by Gasteiger charge is 2.31. The standard InChI is InChI=1S/C13H14F2O/c1-13(9-14,10-15)12(16)8-7-11-5-3-2-4-6-11/h2-8H,9-10H2,1H3/b8-7+. The number of hydrogen-bond acceptors (Lipinski definition) is 1. The third kappa shape index (κ3) is 2.99. The van der Waals surface area contributed by atoms with Gasteiger partial charge in [-0.25, -0.2) is 8.78 Å². The predicted molar refractivity (Wildman–Crippen MR) is 60.5 cm³/mol. The van der Waals surface area contributed by atoms with Crippen LogP contribution in [0.4, 0.5) is 8.78 Å². The molecule has 0 radical (unpaired) electrons. The maximum atomic E-state index is 12.5. The van der Waals surface area contributed by atoms with Crippen molar-refractivity contribution in [1.82, 2.24) is 0 Å². The molecule has 0 unspecified atom stereocenters. The Balaban J connectivity index is 2.75. The zero-order chi connectivity index (χ0) is 12.0. The minimum Gasteiger partial charge on any atom is -0.294 e. The lowest BCUT2D eigenvalue weighted by atomic mass is 9.88. The molecule has 0 aliphatic heterocycles. The van der Waals surface area contributed by atoms with E-state index in [0.29, 0.717) is 0 Å². The molecule has 0 aliphatic carbocycles. The summed E-state index contributed by atoms with van der Waals surface area (Å²) in [6.45, 7) is -0.687. The van der Waals surface area contributed by atoms with E-state index in [1.165, 1.54) is 13.0 Å². The van der Waals surface area contributed by atoms with E-state index in [2.05, 4.69) is 0 Å². The number of benzene rings is 1. The van der Waals surface area contributed by atoms with Crippen LogP contribution in [0.15, 0.2) is 36.4 Å². The molecule has 0 atom stereocenters. The molecule has 0 heterocycles. The van der Waals surface area contributed by atoms with Crippen molar-refractivity contribution in [3.63, 3.8) is 0 Å². The van der Waals surface area contributed by atoms with E-state index in [0.717, 1.165) is 5.56 Å². The molecule has 0 amide bonds. The largest absolute Gasteiger partial charge is 0.294 e. The summed E-state index contributed by atoms with van der Waals surface area (Å²) in [4.78, 5) is 11.5. The highest BCUT2D eigenvalue weighted by molar-refractivity contribution is 5.98. The van der Waals surface area contributed by atoms with Crippen molar-refractivity contribution < 1.29 is 13.6 Å². The van der Waals surface area contributed by atoms with Gasteiger partial charge in [-0.15, -0.1) is 0 Å². The molecule has 0 spiro atoms. The van der Waals surface area contributed by atoms with Crippen molar-refractivity contribution in [3.05, 3.63) is 42.0 Å². The summed E-state index contributed by atoms with van der Waals surface area (Å²) in [6, 6.07) is 9.13. The Morgan fingerprint density at radius 2 is 1.81 bits per heavy atom.